The van der Waals surface area contributed by atoms with E-state index in [0.717, 1.165) is 89.9 Å². The molecule has 3 N–H and O–H groups in total. The molecule has 0 radical (unpaired) electrons. The van der Waals surface area contributed by atoms with E-state index in [1.807, 2.05) is 0 Å². The Morgan fingerprint density at radius 2 is 0.392 bits per heavy atom. The van der Waals surface area contributed by atoms with Crippen LogP contribution in [0, 0.1) is 0 Å². The van der Waals surface area contributed by atoms with Gasteiger partial charge in [-0.15, -0.1) is 0 Å². The maximum atomic E-state index is 13.1. The molecule has 606 valence electrons. The van der Waals surface area contributed by atoms with Crippen molar-refractivity contribution in [3.05, 3.63) is 0 Å². The van der Waals surface area contributed by atoms with Crippen LogP contribution in [0.3, 0.4) is 0 Å². The van der Waals surface area contributed by atoms with Gasteiger partial charge in [-0.25, -0.2) is 9.13 Å². The minimum Gasteiger partial charge on any atom is -0.462 e. The third kappa shape index (κ3) is 76.3. The van der Waals surface area contributed by atoms with Crippen molar-refractivity contribution in [1.29, 1.82) is 0 Å². The summed E-state index contributed by atoms with van der Waals surface area (Å²) in [4.78, 5) is 73.2. The van der Waals surface area contributed by atoms with Crippen LogP contribution in [0.1, 0.15) is 451 Å². The quantitative estimate of drug-likeness (QED) is 0.0222. The molecule has 19 heteroatoms. The first-order valence-electron chi connectivity index (χ1n) is 43.3. The standard InChI is InChI=1S/C83H162O17P2/c1-5-9-13-17-21-25-29-33-36-39-42-44-48-52-56-60-64-68-81(86)94-74-79(100-83(88)70-66-62-58-54-50-46-43-40-37-34-30-26-22-18-14-10-6-2)76-98-102(91,92)96-72-77(84)71-95-101(89,90)97-75-78(73-93-80(85)67-63-59-55-51-47-32-28-24-20-16-12-8-4)99-82(87)69-65-61-57-53-49-45-41-38-35-31-27-23-19-15-11-7-3/h77-79,84H,5-76H2,1-4H3,(H,89,90)(H,91,92)/t77-,78+,79+/m0/s1. The highest BCUT2D eigenvalue weighted by Crippen LogP contribution is 2.45. The summed E-state index contributed by atoms with van der Waals surface area (Å²) in [6.45, 7) is 5.05. The molecule has 0 aliphatic carbocycles. The molecule has 0 amide bonds. The number of unbranched alkanes of at least 4 members (excludes halogenated alkanes) is 58. The summed E-state index contributed by atoms with van der Waals surface area (Å²) >= 11 is 0. The smallest absolute Gasteiger partial charge is 0.462 e. The van der Waals surface area contributed by atoms with E-state index < -0.39 is 97.5 Å². The van der Waals surface area contributed by atoms with Crippen LogP contribution in [0.25, 0.3) is 0 Å². The molecule has 0 bridgehead atoms. The van der Waals surface area contributed by atoms with Gasteiger partial charge in [0.2, 0.25) is 0 Å². The van der Waals surface area contributed by atoms with Crippen LogP contribution in [0.15, 0.2) is 0 Å². The average molecular weight is 1490 g/mol. The minimum atomic E-state index is -4.96. The first-order chi connectivity index (χ1) is 49.7. The van der Waals surface area contributed by atoms with Crippen LogP contribution in [-0.4, -0.2) is 96.7 Å². The fraction of sp³-hybridized carbons (Fsp3) is 0.952. The maximum Gasteiger partial charge on any atom is 0.472 e. The molecule has 0 aliphatic heterocycles. The van der Waals surface area contributed by atoms with Crippen LogP contribution in [-0.2, 0) is 65.4 Å². The number of ether oxygens (including phenoxy) is 4. The van der Waals surface area contributed by atoms with Crippen LogP contribution in [0.2, 0.25) is 0 Å². The average Bonchev–Trinajstić information content (AvgIpc) is 0.959. The van der Waals surface area contributed by atoms with Gasteiger partial charge in [-0.1, -0.05) is 400 Å². The monoisotopic (exact) mass is 1490 g/mol. The van der Waals surface area contributed by atoms with Crippen molar-refractivity contribution in [1.82, 2.24) is 0 Å². The Morgan fingerprint density at radius 3 is 0.578 bits per heavy atom. The van der Waals surface area contributed by atoms with Crippen LogP contribution < -0.4 is 0 Å². The largest absolute Gasteiger partial charge is 0.472 e. The summed E-state index contributed by atoms with van der Waals surface area (Å²) < 4.78 is 68.8. The number of hydrogen-bond acceptors (Lipinski definition) is 15. The number of esters is 4. The SMILES string of the molecule is CCCCCCCCCCCCCCCCCCCC(=O)OC[C@H](COP(=O)(O)OC[C@@H](O)COP(=O)(O)OC[C@@H](COC(=O)CCCCCCCCCCCCCC)OC(=O)CCCCCCCCCCCCCCCCCC)OC(=O)CCCCCCCCCCCCCCCCCCC. The molecule has 0 aromatic heterocycles. The van der Waals surface area contributed by atoms with Gasteiger partial charge in [0.1, 0.15) is 19.3 Å². The first-order valence-corrected chi connectivity index (χ1v) is 46.3. The number of phosphoric acid groups is 2. The lowest BCUT2D eigenvalue weighted by molar-refractivity contribution is -0.161. The Balaban J connectivity index is 5.26. The van der Waals surface area contributed by atoms with Crippen molar-refractivity contribution in [2.45, 2.75) is 470 Å². The molecule has 17 nitrogen and oxygen atoms in total. The predicted molar refractivity (Wildman–Crippen MR) is 419 cm³/mol. The Bertz CT molecular complexity index is 1930. The van der Waals surface area contributed by atoms with E-state index >= 15 is 0 Å². The topological polar surface area (TPSA) is 237 Å². The maximum absolute atomic E-state index is 13.1. The van der Waals surface area contributed by atoms with Crippen molar-refractivity contribution in [3.8, 4) is 0 Å². The molecule has 0 spiro atoms. The third-order valence-electron chi connectivity index (χ3n) is 19.6. The van der Waals surface area contributed by atoms with E-state index in [1.165, 1.54) is 283 Å². The van der Waals surface area contributed by atoms with Crippen LogP contribution in [0.4, 0.5) is 0 Å². The summed E-state index contributed by atoms with van der Waals surface area (Å²) in [5.41, 5.74) is 0. The van der Waals surface area contributed by atoms with Crippen molar-refractivity contribution in [2.24, 2.45) is 0 Å². The number of phosphoric ester groups is 2. The Labute approximate surface area is 626 Å². The van der Waals surface area contributed by atoms with Gasteiger partial charge in [0, 0.05) is 25.7 Å². The molecule has 0 aromatic rings. The van der Waals surface area contributed by atoms with Crippen LogP contribution >= 0.6 is 15.6 Å². The number of carbonyl (C=O) groups is 4. The number of aliphatic hydroxyl groups excluding tert-OH is 1. The molecule has 2 unspecified atom stereocenters. The first kappa shape index (κ1) is 100. The number of hydrogen-bond donors (Lipinski definition) is 3. The Kier molecular flexibility index (Phi) is 75.8. The minimum absolute atomic E-state index is 0.109. The molecule has 102 heavy (non-hydrogen) atoms. The zero-order valence-corrected chi connectivity index (χ0v) is 68.4. The van der Waals surface area contributed by atoms with E-state index in [0.29, 0.717) is 25.7 Å². The molecule has 0 rings (SSSR count). The zero-order valence-electron chi connectivity index (χ0n) is 66.6. The molecule has 0 aliphatic rings. The van der Waals surface area contributed by atoms with E-state index in [1.54, 1.807) is 0 Å². The molecule has 0 heterocycles. The van der Waals surface area contributed by atoms with Gasteiger partial charge in [0.05, 0.1) is 26.4 Å². The Hall–Kier alpha value is -1.94. The van der Waals surface area contributed by atoms with E-state index in [-0.39, 0.29) is 25.7 Å². The highest BCUT2D eigenvalue weighted by molar-refractivity contribution is 7.47. The molecule has 5 atom stereocenters. The molecular formula is C83H162O17P2. The summed E-state index contributed by atoms with van der Waals surface area (Å²) in [6.07, 6.45) is 70.6. The number of aliphatic hydroxyl groups is 1. The van der Waals surface area contributed by atoms with Crippen LogP contribution in [0.5, 0.6) is 0 Å². The molecule has 0 saturated heterocycles. The van der Waals surface area contributed by atoms with Gasteiger partial charge in [0.25, 0.3) is 0 Å². The van der Waals surface area contributed by atoms with Crippen molar-refractivity contribution < 1.29 is 80.2 Å². The fourth-order valence-corrected chi connectivity index (χ4v) is 14.6. The van der Waals surface area contributed by atoms with Crippen molar-refractivity contribution in [3.63, 3.8) is 0 Å². The van der Waals surface area contributed by atoms with E-state index in [9.17, 15) is 43.2 Å². The van der Waals surface area contributed by atoms with Crippen molar-refractivity contribution in [2.75, 3.05) is 39.6 Å². The van der Waals surface area contributed by atoms with Gasteiger partial charge in [-0.05, 0) is 25.7 Å². The third-order valence-corrected chi connectivity index (χ3v) is 21.5. The molecule has 0 aromatic carbocycles. The van der Waals surface area contributed by atoms with E-state index in [4.69, 9.17) is 37.0 Å². The summed E-state index contributed by atoms with van der Waals surface area (Å²) in [7, 11) is -9.92. The second-order valence-corrected chi connectivity index (χ2v) is 32.8. The molecule has 0 fully saturated rings. The van der Waals surface area contributed by atoms with E-state index in [2.05, 4.69) is 27.7 Å². The van der Waals surface area contributed by atoms with Gasteiger partial charge in [0.15, 0.2) is 12.2 Å². The summed E-state index contributed by atoms with van der Waals surface area (Å²) in [5, 5.41) is 10.7. The second kappa shape index (κ2) is 77.2. The zero-order chi connectivity index (χ0) is 74.6. The second-order valence-electron chi connectivity index (χ2n) is 29.9. The van der Waals surface area contributed by atoms with Gasteiger partial charge < -0.3 is 33.8 Å². The normalized spacial score (nSPS) is 13.8. The molecule has 0 saturated carbocycles. The summed E-state index contributed by atoms with van der Waals surface area (Å²) in [5.74, 6) is -2.10. The van der Waals surface area contributed by atoms with Gasteiger partial charge in [-0.3, -0.25) is 37.3 Å². The summed E-state index contributed by atoms with van der Waals surface area (Å²) in [6, 6.07) is 0. The van der Waals surface area contributed by atoms with Crippen molar-refractivity contribution >= 4 is 39.5 Å². The molecular weight excluding hydrogens is 1330 g/mol. The Morgan fingerprint density at radius 1 is 0.235 bits per heavy atom. The highest BCUT2D eigenvalue weighted by Gasteiger charge is 2.30. The lowest BCUT2D eigenvalue weighted by atomic mass is 10.0. The lowest BCUT2D eigenvalue weighted by Gasteiger charge is -2.21. The highest BCUT2D eigenvalue weighted by atomic mass is 31.2. The number of carbonyl (C=O) groups excluding carboxylic acids is 4. The van der Waals surface area contributed by atoms with Gasteiger partial charge >= 0.3 is 39.5 Å². The predicted octanol–water partition coefficient (Wildman–Crippen LogP) is 25.4. The number of rotatable bonds is 84. The lowest BCUT2D eigenvalue weighted by Crippen LogP contribution is -2.30. The van der Waals surface area contributed by atoms with Gasteiger partial charge in [-0.2, -0.15) is 0 Å². The fourth-order valence-electron chi connectivity index (χ4n) is 13.0.